The highest BCUT2D eigenvalue weighted by Crippen LogP contribution is 2.27. The van der Waals surface area contributed by atoms with E-state index in [2.05, 4.69) is 26.4 Å². The summed E-state index contributed by atoms with van der Waals surface area (Å²) >= 11 is 0. The molecule has 3 aromatic rings. The van der Waals surface area contributed by atoms with Crippen LogP contribution >= 0.6 is 0 Å². The van der Waals surface area contributed by atoms with Gasteiger partial charge in [0, 0.05) is 31.0 Å². The van der Waals surface area contributed by atoms with Gasteiger partial charge in [0.15, 0.2) is 0 Å². The number of nitrogens with two attached hydrogens (primary N) is 1. The molecule has 0 unspecified atom stereocenters. The Morgan fingerprint density at radius 1 is 1.12 bits per heavy atom. The third-order valence-electron chi connectivity index (χ3n) is 5.42. The topological polar surface area (TPSA) is 131 Å². The zero-order valence-electron chi connectivity index (χ0n) is 18.7. The van der Waals surface area contributed by atoms with Gasteiger partial charge in [-0.05, 0) is 35.4 Å². The van der Waals surface area contributed by atoms with Crippen LogP contribution in [0.25, 0.3) is 11.3 Å². The molecule has 1 aromatic heterocycles. The SMILES string of the molecule is N#Cc1cc(-c2ccnc(Cc3ccc(CN=CN=NN)cc3)n2)ccc1OC1CCOCC1. The number of hydrogen-bond donors (Lipinski definition) is 1. The van der Waals surface area contributed by atoms with Crippen molar-refractivity contribution >= 4 is 6.34 Å². The molecule has 0 bridgehead atoms. The maximum Gasteiger partial charge on any atom is 0.137 e. The number of nitrogens with zero attached hydrogens (tertiary/aromatic N) is 6. The molecule has 0 aliphatic carbocycles. The zero-order chi connectivity index (χ0) is 23.6. The minimum atomic E-state index is 0.0759. The molecule has 1 aliphatic rings. The molecular formula is C25H25N7O2. The van der Waals surface area contributed by atoms with Gasteiger partial charge in [-0.3, -0.25) is 4.99 Å². The first-order valence-electron chi connectivity index (χ1n) is 11.0. The lowest BCUT2D eigenvalue weighted by molar-refractivity contribution is 0.0254. The monoisotopic (exact) mass is 455 g/mol. The molecule has 0 amide bonds. The fourth-order valence-electron chi connectivity index (χ4n) is 3.66. The Hall–Kier alpha value is -4.16. The Morgan fingerprint density at radius 2 is 1.91 bits per heavy atom. The summed E-state index contributed by atoms with van der Waals surface area (Å²) in [6.45, 7) is 1.87. The Balaban J connectivity index is 1.45. The van der Waals surface area contributed by atoms with E-state index < -0.39 is 0 Å². The Morgan fingerprint density at radius 3 is 2.68 bits per heavy atom. The molecule has 172 valence electrons. The van der Waals surface area contributed by atoms with Crippen LogP contribution in [0.3, 0.4) is 0 Å². The standard InChI is InChI=1S/C25H25N7O2/c26-15-21-14-20(5-6-24(21)34-22-8-11-33-12-9-22)23-7-10-29-25(31-23)13-18-1-3-19(4-2-18)16-28-17-30-32-27/h1-7,10,14,17,22H,8-9,11-13,16H2,(H2,27,28,30). The van der Waals surface area contributed by atoms with Gasteiger partial charge in [0.25, 0.3) is 0 Å². The third-order valence-corrected chi connectivity index (χ3v) is 5.42. The van der Waals surface area contributed by atoms with E-state index in [1.54, 1.807) is 6.20 Å². The molecule has 0 saturated carbocycles. The van der Waals surface area contributed by atoms with Gasteiger partial charge < -0.3 is 15.3 Å². The minimum Gasteiger partial charge on any atom is -0.489 e. The summed E-state index contributed by atoms with van der Waals surface area (Å²) in [6, 6.07) is 17.8. The summed E-state index contributed by atoms with van der Waals surface area (Å²) in [5.41, 5.74) is 4.25. The van der Waals surface area contributed by atoms with Crippen molar-refractivity contribution in [1.29, 1.82) is 5.26 Å². The Bertz CT molecular complexity index is 1200. The second-order valence-electron chi connectivity index (χ2n) is 7.79. The summed E-state index contributed by atoms with van der Waals surface area (Å²) in [5.74, 6) is 6.24. The highest BCUT2D eigenvalue weighted by Gasteiger charge is 2.17. The summed E-state index contributed by atoms with van der Waals surface area (Å²) < 4.78 is 11.4. The van der Waals surface area contributed by atoms with E-state index in [1.165, 1.54) is 6.34 Å². The highest BCUT2D eigenvalue weighted by atomic mass is 16.5. The first-order valence-corrected chi connectivity index (χ1v) is 11.0. The molecule has 1 saturated heterocycles. The van der Waals surface area contributed by atoms with Gasteiger partial charge in [-0.1, -0.05) is 29.5 Å². The van der Waals surface area contributed by atoms with Crippen molar-refractivity contribution in [2.45, 2.75) is 31.9 Å². The Kier molecular flexibility index (Phi) is 7.87. The van der Waals surface area contributed by atoms with Gasteiger partial charge in [0.1, 0.15) is 30.1 Å². The van der Waals surface area contributed by atoms with E-state index in [9.17, 15) is 5.26 Å². The largest absolute Gasteiger partial charge is 0.489 e. The molecule has 1 aliphatic heterocycles. The first kappa shape index (κ1) is 23.0. The van der Waals surface area contributed by atoms with Crippen molar-refractivity contribution < 1.29 is 9.47 Å². The smallest absolute Gasteiger partial charge is 0.137 e. The molecule has 9 heteroatoms. The molecule has 2 aromatic carbocycles. The maximum atomic E-state index is 9.66. The van der Waals surface area contributed by atoms with Crippen molar-refractivity contribution in [1.82, 2.24) is 9.97 Å². The Labute approximate surface area is 198 Å². The molecule has 0 spiro atoms. The van der Waals surface area contributed by atoms with Crippen LogP contribution < -0.4 is 10.6 Å². The average molecular weight is 456 g/mol. The molecule has 0 radical (unpaired) electrons. The summed E-state index contributed by atoms with van der Waals surface area (Å²) in [4.78, 5) is 13.3. The second kappa shape index (κ2) is 11.6. The molecule has 4 rings (SSSR count). The van der Waals surface area contributed by atoms with Gasteiger partial charge in [-0.15, -0.1) is 5.11 Å². The summed E-state index contributed by atoms with van der Waals surface area (Å²) in [5, 5.41) is 16.3. The van der Waals surface area contributed by atoms with Gasteiger partial charge in [-0.25, -0.2) is 9.97 Å². The number of nitriles is 1. The van der Waals surface area contributed by atoms with E-state index >= 15 is 0 Å². The van der Waals surface area contributed by atoms with Crippen LogP contribution in [-0.4, -0.2) is 35.6 Å². The number of aliphatic imine (C=N–C) groups is 1. The van der Waals surface area contributed by atoms with Crippen molar-refractivity contribution in [3.63, 3.8) is 0 Å². The molecule has 2 heterocycles. The molecule has 1 fully saturated rings. The van der Waals surface area contributed by atoms with Crippen LogP contribution in [0, 0.1) is 11.3 Å². The second-order valence-corrected chi connectivity index (χ2v) is 7.79. The van der Waals surface area contributed by atoms with Gasteiger partial charge >= 0.3 is 0 Å². The van der Waals surface area contributed by atoms with Crippen LogP contribution in [0.4, 0.5) is 0 Å². The normalized spacial score (nSPS) is 14.4. The number of ether oxygens (including phenoxy) is 2. The van der Waals surface area contributed by atoms with E-state index in [0.717, 1.165) is 35.2 Å². The van der Waals surface area contributed by atoms with Gasteiger partial charge in [0.2, 0.25) is 0 Å². The van der Waals surface area contributed by atoms with Crippen LogP contribution in [0.15, 0.2) is 70.1 Å². The van der Waals surface area contributed by atoms with Crippen LogP contribution in [-0.2, 0) is 17.7 Å². The molecule has 34 heavy (non-hydrogen) atoms. The van der Waals surface area contributed by atoms with Crippen molar-refractivity contribution in [3.05, 3.63) is 77.2 Å². The predicted octanol–water partition coefficient (Wildman–Crippen LogP) is 4.02. The molecule has 2 N–H and O–H groups in total. The molecule has 0 atom stereocenters. The zero-order valence-corrected chi connectivity index (χ0v) is 18.7. The lowest BCUT2D eigenvalue weighted by Gasteiger charge is -2.23. The predicted molar refractivity (Wildman–Crippen MR) is 127 cm³/mol. The quantitative estimate of drug-likeness (QED) is 0.179. The van der Waals surface area contributed by atoms with Crippen LogP contribution in [0.1, 0.15) is 35.4 Å². The van der Waals surface area contributed by atoms with Gasteiger partial charge in [0.05, 0.1) is 31.0 Å². The van der Waals surface area contributed by atoms with E-state index in [0.29, 0.717) is 43.3 Å². The summed E-state index contributed by atoms with van der Waals surface area (Å²) in [7, 11) is 0. The highest BCUT2D eigenvalue weighted by molar-refractivity contribution is 5.64. The van der Waals surface area contributed by atoms with E-state index in [1.807, 2.05) is 48.5 Å². The van der Waals surface area contributed by atoms with E-state index in [4.69, 9.17) is 20.3 Å². The third kappa shape index (κ3) is 6.21. The minimum absolute atomic E-state index is 0.0759. The first-order chi connectivity index (χ1) is 16.7. The van der Waals surface area contributed by atoms with Crippen molar-refractivity contribution in [3.8, 4) is 23.1 Å². The van der Waals surface area contributed by atoms with E-state index in [-0.39, 0.29) is 6.10 Å². The van der Waals surface area contributed by atoms with Crippen LogP contribution in [0.2, 0.25) is 0 Å². The fourth-order valence-corrected chi connectivity index (χ4v) is 3.66. The summed E-state index contributed by atoms with van der Waals surface area (Å²) in [6.07, 6.45) is 5.40. The number of aromatic nitrogens is 2. The fraction of sp³-hybridized carbons (Fsp3) is 0.280. The average Bonchev–Trinajstić information content (AvgIpc) is 2.88. The van der Waals surface area contributed by atoms with Crippen molar-refractivity contribution in [2.75, 3.05) is 13.2 Å². The number of hydrogen-bond acceptors (Lipinski definition) is 7. The lowest BCUT2D eigenvalue weighted by Crippen LogP contribution is -2.26. The molecule has 9 nitrogen and oxygen atoms in total. The van der Waals surface area contributed by atoms with Gasteiger partial charge in [-0.2, -0.15) is 5.26 Å². The maximum absolute atomic E-state index is 9.66. The molecular weight excluding hydrogens is 430 g/mol. The lowest BCUT2D eigenvalue weighted by atomic mass is 10.1. The van der Waals surface area contributed by atoms with Crippen molar-refractivity contribution in [2.24, 2.45) is 21.2 Å². The van der Waals surface area contributed by atoms with Crippen LogP contribution in [0.5, 0.6) is 5.75 Å². The number of rotatable bonds is 8. The number of benzene rings is 2.